The molecule has 0 aliphatic carbocycles. The summed E-state index contributed by atoms with van der Waals surface area (Å²) in [4.78, 5) is 23.1. The molecule has 1 saturated heterocycles. The Morgan fingerprint density at radius 3 is 2.64 bits per heavy atom. The Morgan fingerprint density at radius 2 is 2.00 bits per heavy atom. The molecule has 2 rings (SSSR count). The summed E-state index contributed by atoms with van der Waals surface area (Å²) in [6, 6.07) is 11.4. The highest BCUT2D eigenvalue weighted by atomic mass is 28.3. The van der Waals surface area contributed by atoms with Gasteiger partial charge in [0, 0.05) is 12.8 Å². The van der Waals surface area contributed by atoms with Gasteiger partial charge in [0.2, 0.25) is 5.91 Å². The van der Waals surface area contributed by atoms with Crippen LogP contribution in [0.3, 0.4) is 0 Å². The monoisotopic (exact) mass is 319 g/mol. The van der Waals surface area contributed by atoms with Gasteiger partial charge in [0.15, 0.2) is 0 Å². The van der Waals surface area contributed by atoms with E-state index in [1.54, 1.807) is 0 Å². The minimum atomic E-state index is -1.40. The second-order valence-corrected chi connectivity index (χ2v) is 11.4. The third-order valence-electron chi connectivity index (χ3n) is 4.28. The first-order chi connectivity index (χ1) is 10.5. The van der Waals surface area contributed by atoms with Crippen molar-refractivity contribution in [1.29, 1.82) is 0 Å². The summed E-state index contributed by atoms with van der Waals surface area (Å²) in [5, 5.41) is 4.22. The van der Waals surface area contributed by atoms with Crippen LogP contribution in [0, 0.1) is 0 Å². The number of amides is 1. The molecule has 1 aromatic carbocycles. The summed E-state index contributed by atoms with van der Waals surface area (Å²) < 4.78 is 4.84. The first-order valence-corrected chi connectivity index (χ1v) is 11.2. The fourth-order valence-electron chi connectivity index (χ4n) is 2.78. The van der Waals surface area contributed by atoms with E-state index < -0.39 is 14.1 Å². The number of carbonyl (C=O) groups is 2. The number of hydrogen-bond acceptors (Lipinski definition) is 3. The van der Waals surface area contributed by atoms with Crippen molar-refractivity contribution < 1.29 is 14.3 Å². The lowest BCUT2D eigenvalue weighted by Crippen LogP contribution is -2.41. The van der Waals surface area contributed by atoms with Gasteiger partial charge < -0.3 is 10.1 Å². The summed E-state index contributed by atoms with van der Waals surface area (Å²) in [7, 11) is -1.40. The van der Waals surface area contributed by atoms with Crippen molar-refractivity contribution in [2.45, 2.75) is 50.9 Å². The number of cyclic esters (lactones) is 1. The molecule has 1 aliphatic heterocycles. The summed E-state index contributed by atoms with van der Waals surface area (Å²) in [5.41, 5.74) is 0. The van der Waals surface area contributed by atoms with Crippen LogP contribution in [0.25, 0.3) is 0 Å². The normalized spacial score (nSPS) is 18.1. The molecule has 22 heavy (non-hydrogen) atoms. The average molecular weight is 319 g/mol. The van der Waals surface area contributed by atoms with Crippen LogP contribution in [0.4, 0.5) is 0 Å². The fraction of sp³-hybridized carbons (Fsp3) is 0.529. The molecule has 1 fully saturated rings. The van der Waals surface area contributed by atoms with Gasteiger partial charge in [0.05, 0.1) is 14.7 Å². The summed E-state index contributed by atoms with van der Waals surface area (Å²) in [6.45, 7) is 5.16. The van der Waals surface area contributed by atoms with E-state index in [-0.39, 0.29) is 11.9 Å². The van der Waals surface area contributed by atoms with E-state index in [9.17, 15) is 9.59 Å². The van der Waals surface area contributed by atoms with Crippen LogP contribution in [0.1, 0.15) is 25.7 Å². The number of unbranched alkanes of at least 4 members (excludes halogenated alkanes) is 1. The van der Waals surface area contributed by atoms with Crippen molar-refractivity contribution in [3.63, 3.8) is 0 Å². The Hall–Kier alpha value is -1.62. The maximum Gasteiger partial charge on any atom is 0.328 e. The third kappa shape index (κ3) is 4.70. The first kappa shape index (κ1) is 16.7. The molecule has 1 amide bonds. The number of nitrogens with one attached hydrogen (secondary N) is 1. The highest BCUT2D eigenvalue weighted by molar-refractivity contribution is 6.89. The number of hydrogen-bond donors (Lipinski definition) is 1. The SMILES string of the molecule is C[Si](C)(CCCCC(=O)NC1CCOC1=O)c1ccccc1. The van der Waals surface area contributed by atoms with Gasteiger partial charge in [0.25, 0.3) is 0 Å². The minimum Gasteiger partial charge on any atom is -0.464 e. The van der Waals surface area contributed by atoms with Crippen molar-refractivity contribution in [1.82, 2.24) is 5.32 Å². The summed E-state index contributed by atoms with van der Waals surface area (Å²) >= 11 is 0. The number of benzene rings is 1. The molecule has 1 N–H and O–H groups in total. The van der Waals surface area contributed by atoms with Crippen LogP contribution in [0.2, 0.25) is 19.1 Å². The summed E-state index contributed by atoms with van der Waals surface area (Å²) in [6.07, 6.45) is 3.01. The van der Waals surface area contributed by atoms with Gasteiger partial charge in [-0.05, 0) is 6.42 Å². The lowest BCUT2D eigenvalue weighted by Gasteiger charge is -2.22. The molecular weight excluding hydrogens is 294 g/mol. The number of rotatable bonds is 7. The second-order valence-electron chi connectivity index (χ2n) is 6.53. The maximum absolute atomic E-state index is 11.8. The van der Waals surface area contributed by atoms with Crippen LogP contribution in [-0.2, 0) is 14.3 Å². The van der Waals surface area contributed by atoms with E-state index in [0.717, 1.165) is 12.8 Å². The maximum atomic E-state index is 11.8. The molecule has 1 heterocycles. The van der Waals surface area contributed by atoms with Crippen molar-refractivity contribution in [2.75, 3.05) is 6.61 Å². The quantitative estimate of drug-likeness (QED) is 0.476. The average Bonchev–Trinajstić information content (AvgIpc) is 2.90. The molecule has 0 spiro atoms. The first-order valence-electron chi connectivity index (χ1n) is 8.00. The van der Waals surface area contributed by atoms with Crippen molar-refractivity contribution in [3.05, 3.63) is 30.3 Å². The van der Waals surface area contributed by atoms with Gasteiger partial charge in [-0.1, -0.05) is 61.1 Å². The Kier molecular flexibility index (Phi) is 5.77. The Balaban J connectivity index is 1.68. The standard InChI is InChI=1S/C17H25NO3Si/c1-22(2,14-8-4-3-5-9-14)13-7-6-10-16(19)18-15-11-12-21-17(15)20/h3-5,8-9,15H,6-7,10-13H2,1-2H3,(H,18,19). The molecule has 0 aromatic heterocycles. The van der Waals surface area contributed by atoms with Crippen molar-refractivity contribution >= 4 is 25.1 Å². The van der Waals surface area contributed by atoms with Crippen molar-refractivity contribution in [3.8, 4) is 0 Å². The molecule has 1 aliphatic rings. The molecule has 120 valence electrons. The fourth-order valence-corrected chi connectivity index (χ4v) is 5.30. The molecule has 1 unspecified atom stereocenters. The van der Waals surface area contributed by atoms with E-state index >= 15 is 0 Å². The summed E-state index contributed by atoms with van der Waals surface area (Å²) in [5.74, 6) is -0.339. The van der Waals surface area contributed by atoms with Gasteiger partial charge in [0.1, 0.15) is 6.04 Å². The van der Waals surface area contributed by atoms with Crippen LogP contribution in [0.5, 0.6) is 0 Å². The van der Waals surface area contributed by atoms with Crippen molar-refractivity contribution in [2.24, 2.45) is 0 Å². The smallest absolute Gasteiger partial charge is 0.328 e. The Labute approximate surface area is 133 Å². The zero-order valence-electron chi connectivity index (χ0n) is 13.4. The lowest BCUT2D eigenvalue weighted by atomic mass is 10.2. The molecule has 0 saturated carbocycles. The zero-order chi connectivity index (χ0) is 16.0. The van der Waals surface area contributed by atoms with Gasteiger partial charge in [-0.15, -0.1) is 0 Å². The highest BCUT2D eigenvalue weighted by Gasteiger charge is 2.27. The molecule has 0 bridgehead atoms. The van der Waals surface area contributed by atoms with Crippen LogP contribution in [0.15, 0.2) is 30.3 Å². The number of esters is 1. The molecule has 4 nitrogen and oxygen atoms in total. The van der Waals surface area contributed by atoms with E-state index in [1.165, 1.54) is 11.2 Å². The van der Waals surface area contributed by atoms with Gasteiger partial charge in [-0.25, -0.2) is 4.79 Å². The van der Waals surface area contributed by atoms with E-state index in [0.29, 0.717) is 19.4 Å². The second kappa shape index (κ2) is 7.58. The molecule has 1 atom stereocenters. The van der Waals surface area contributed by atoms with E-state index in [1.807, 2.05) is 6.07 Å². The van der Waals surface area contributed by atoms with Gasteiger partial charge in [-0.2, -0.15) is 0 Å². The van der Waals surface area contributed by atoms with E-state index in [4.69, 9.17) is 4.74 Å². The largest absolute Gasteiger partial charge is 0.464 e. The van der Waals surface area contributed by atoms with Gasteiger partial charge >= 0.3 is 5.97 Å². The topological polar surface area (TPSA) is 55.4 Å². The Morgan fingerprint density at radius 1 is 1.27 bits per heavy atom. The van der Waals surface area contributed by atoms with Gasteiger partial charge in [-0.3, -0.25) is 4.79 Å². The Bertz CT molecular complexity index is 516. The molecule has 5 heteroatoms. The molecule has 0 radical (unpaired) electrons. The number of carbonyl (C=O) groups excluding carboxylic acids is 2. The third-order valence-corrected chi connectivity index (χ3v) is 7.78. The zero-order valence-corrected chi connectivity index (χ0v) is 14.4. The molecular formula is C17H25NO3Si. The predicted octanol–water partition coefficient (Wildman–Crippen LogP) is 2.20. The lowest BCUT2D eigenvalue weighted by molar-refractivity contribution is -0.141. The molecule has 1 aromatic rings. The number of ether oxygens (including phenoxy) is 1. The van der Waals surface area contributed by atoms with E-state index in [2.05, 4.69) is 42.7 Å². The predicted molar refractivity (Wildman–Crippen MR) is 89.7 cm³/mol. The van der Waals surface area contributed by atoms with Crippen LogP contribution in [-0.4, -0.2) is 32.6 Å². The van der Waals surface area contributed by atoms with Crippen LogP contribution < -0.4 is 10.5 Å². The van der Waals surface area contributed by atoms with Crippen LogP contribution >= 0.6 is 0 Å². The highest BCUT2D eigenvalue weighted by Crippen LogP contribution is 2.15. The minimum absolute atomic E-state index is 0.0389.